The van der Waals surface area contributed by atoms with Crippen molar-refractivity contribution < 1.29 is 0 Å². The lowest BCUT2D eigenvalue weighted by atomic mass is 9.86. The first kappa shape index (κ1) is 21.2. The summed E-state index contributed by atoms with van der Waals surface area (Å²) in [5.74, 6) is 1.58. The van der Waals surface area contributed by atoms with E-state index in [1.165, 1.54) is 31.4 Å². The van der Waals surface area contributed by atoms with Crippen molar-refractivity contribution in [2.75, 3.05) is 29.4 Å². The third-order valence-electron chi connectivity index (χ3n) is 7.90. The van der Waals surface area contributed by atoms with Crippen LogP contribution in [0.4, 0.5) is 11.5 Å². The average molecular weight is 454 g/mol. The number of pyridine rings is 1. The first-order chi connectivity index (χ1) is 16.8. The number of piperidine rings is 1. The molecular formula is C27H31N7. The minimum atomic E-state index is 0.454. The lowest BCUT2D eigenvalue weighted by Crippen LogP contribution is -2.56. The number of aromatic nitrogens is 3. The summed E-state index contributed by atoms with van der Waals surface area (Å²) in [7, 11) is 0. The number of hydrogen-bond donors (Lipinski definition) is 1. The highest BCUT2D eigenvalue weighted by molar-refractivity contribution is 5.53. The van der Waals surface area contributed by atoms with Crippen LogP contribution in [0.3, 0.4) is 0 Å². The molecule has 4 heterocycles. The van der Waals surface area contributed by atoms with Gasteiger partial charge in [0.05, 0.1) is 17.3 Å². The van der Waals surface area contributed by atoms with Crippen LogP contribution in [0.1, 0.15) is 37.7 Å². The van der Waals surface area contributed by atoms with Gasteiger partial charge < -0.3 is 15.1 Å². The molecular weight excluding hydrogens is 422 g/mol. The predicted molar refractivity (Wildman–Crippen MR) is 133 cm³/mol. The van der Waals surface area contributed by atoms with E-state index in [-0.39, 0.29) is 0 Å². The molecule has 0 spiro atoms. The van der Waals surface area contributed by atoms with E-state index in [1.54, 1.807) is 0 Å². The van der Waals surface area contributed by atoms with Crippen LogP contribution >= 0.6 is 0 Å². The summed E-state index contributed by atoms with van der Waals surface area (Å²) < 4.78 is 1.92. The van der Waals surface area contributed by atoms with Crippen molar-refractivity contribution in [3.8, 4) is 11.8 Å². The van der Waals surface area contributed by atoms with Gasteiger partial charge in [0.15, 0.2) is 0 Å². The molecule has 3 aromatic rings. The molecule has 3 fully saturated rings. The van der Waals surface area contributed by atoms with Gasteiger partial charge in [-0.3, -0.25) is 0 Å². The fourth-order valence-electron chi connectivity index (χ4n) is 6.25. The molecule has 0 amide bonds. The number of fused-ring (bicyclic) bond motifs is 2. The van der Waals surface area contributed by atoms with E-state index < -0.39 is 0 Å². The second kappa shape index (κ2) is 9.11. The summed E-state index contributed by atoms with van der Waals surface area (Å²) in [6.45, 7) is 3.06. The molecule has 2 aliphatic heterocycles. The Balaban J connectivity index is 1.32. The molecule has 2 aromatic heterocycles. The minimum Gasteiger partial charge on any atom is -0.371 e. The lowest BCUT2D eigenvalue weighted by molar-refractivity contribution is 0.316. The van der Waals surface area contributed by atoms with Crippen molar-refractivity contribution in [2.45, 2.75) is 50.2 Å². The Morgan fingerprint density at radius 3 is 2.68 bits per heavy atom. The molecule has 3 aliphatic rings. The van der Waals surface area contributed by atoms with Gasteiger partial charge in [-0.2, -0.15) is 10.4 Å². The predicted octanol–water partition coefficient (Wildman–Crippen LogP) is 3.75. The molecule has 1 saturated carbocycles. The number of benzene rings is 1. The smallest absolute Gasteiger partial charge is 0.131 e. The van der Waals surface area contributed by atoms with Crippen molar-refractivity contribution in [1.82, 2.24) is 20.1 Å². The zero-order valence-electron chi connectivity index (χ0n) is 19.4. The van der Waals surface area contributed by atoms with E-state index in [9.17, 15) is 0 Å². The van der Waals surface area contributed by atoms with Crippen LogP contribution in [-0.4, -0.2) is 52.5 Å². The normalized spacial score (nSPS) is 26.8. The Hall–Kier alpha value is -3.37. The zero-order valence-corrected chi connectivity index (χ0v) is 19.4. The number of nitrogens with one attached hydrogen (secondary N) is 1. The van der Waals surface area contributed by atoms with Gasteiger partial charge in [-0.05, 0) is 55.7 Å². The topological polar surface area (TPSA) is 73.0 Å². The van der Waals surface area contributed by atoms with Crippen molar-refractivity contribution >= 4 is 11.5 Å². The Morgan fingerprint density at radius 1 is 0.971 bits per heavy atom. The molecule has 7 heteroatoms. The number of rotatable bonds is 3. The van der Waals surface area contributed by atoms with Gasteiger partial charge in [0.1, 0.15) is 5.82 Å². The molecule has 4 unspecified atom stereocenters. The van der Waals surface area contributed by atoms with Gasteiger partial charge in [-0.25, -0.2) is 9.67 Å². The highest BCUT2D eigenvalue weighted by atomic mass is 15.3. The highest BCUT2D eigenvalue weighted by Crippen LogP contribution is 2.37. The Kier molecular flexibility index (Phi) is 5.68. The number of anilines is 2. The number of nitriles is 1. The fourth-order valence-corrected chi connectivity index (χ4v) is 6.25. The quantitative estimate of drug-likeness (QED) is 0.651. The molecule has 34 heavy (non-hydrogen) atoms. The SMILES string of the molecule is N#Cc1ccc(N2CCC3C(CNC4CCCCC4N3c3cc(-n4cccn4)ccn3)C2)cc1. The lowest BCUT2D eigenvalue weighted by Gasteiger charge is -2.47. The van der Waals surface area contributed by atoms with Crippen molar-refractivity contribution in [2.24, 2.45) is 5.92 Å². The van der Waals surface area contributed by atoms with Crippen LogP contribution in [0.25, 0.3) is 5.69 Å². The maximum absolute atomic E-state index is 9.15. The third-order valence-corrected chi connectivity index (χ3v) is 7.90. The molecule has 0 radical (unpaired) electrons. The van der Waals surface area contributed by atoms with Crippen molar-refractivity contribution in [1.29, 1.82) is 5.26 Å². The monoisotopic (exact) mass is 453 g/mol. The van der Waals surface area contributed by atoms with Crippen molar-refractivity contribution in [3.05, 3.63) is 66.6 Å². The Bertz CT molecular complexity index is 1150. The van der Waals surface area contributed by atoms with Crippen LogP contribution in [0.15, 0.2) is 61.1 Å². The van der Waals surface area contributed by atoms with Crippen LogP contribution in [-0.2, 0) is 0 Å². The fraction of sp³-hybridized carbons (Fsp3) is 0.444. The molecule has 1 aromatic carbocycles. The van der Waals surface area contributed by atoms with E-state index in [2.05, 4.69) is 44.5 Å². The first-order valence-electron chi connectivity index (χ1n) is 12.5. The molecule has 1 N–H and O–H groups in total. The van der Waals surface area contributed by atoms with E-state index in [0.717, 1.165) is 37.6 Å². The first-order valence-corrected chi connectivity index (χ1v) is 12.5. The van der Waals surface area contributed by atoms with Gasteiger partial charge in [0.2, 0.25) is 0 Å². The van der Waals surface area contributed by atoms with Crippen LogP contribution in [0.5, 0.6) is 0 Å². The van der Waals surface area contributed by atoms with Crippen LogP contribution < -0.4 is 15.1 Å². The average Bonchev–Trinajstić information content (AvgIpc) is 3.39. The second-order valence-corrected chi connectivity index (χ2v) is 9.82. The zero-order chi connectivity index (χ0) is 22.9. The maximum Gasteiger partial charge on any atom is 0.131 e. The van der Waals surface area contributed by atoms with Gasteiger partial charge in [0.25, 0.3) is 0 Å². The number of hydrogen-bond acceptors (Lipinski definition) is 6. The highest BCUT2D eigenvalue weighted by Gasteiger charge is 2.43. The van der Waals surface area contributed by atoms with Crippen molar-refractivity contribution in [3.63, 3.8) is 0 Å². The molecule has 7 nitrogen and oxygen atoms in total. The summed E-state index contributed by atoms with van der Waals surface area (Å²) in [5, 5.41) is 17.6. The summed E-state index contributed by atoms with van der Waals surface area (Å²) >= 11 is 0. The van der Waals surface area contributed by atoms with Crippen LogP contribution in [0.2, 0.25) is 0 Å². The largest absolute Gasteiger partial charge is 0.371 e. The standard InChI is InChI=1S/C27H31N7/c28-17-20-6-8-22(9-7-20)32-15-11-25-21(19-32)18-30-24-4-1-2-5-26(24)34(25)27-16-23(10-13-29-27)33-14-3-12-31-33/h3,6-10,12-14,16,21,24-26,30H,1-2,4-5,11,15,18-19H2. The molecule has 6 rings (SSSR count). The van der Waals surface area contributed by atoms with Gasteiger partial charge >= 0.3 is 0 Å². The van der Waals surface area contributed by atoms with E-state index in [0.29, 0.717) is 29.6 Å². The molecule has 2 saturated heterocycles. The van der Waals surface area contributed by atoms with E-state index >= 15 is 0 Å². The molecule has 1 aliphatic carbocycles. The van der Waals surface area contributed by atoms with Gasteiger partial charge in [-0.15, -0.1) is 0 Å². The summed E-state index contributed by atoms with van der Waals surface area (Å²) in [5.41, 5.74) is 2.99. The number of nitrogens with zero attached hydrogens (tertiary/aromatic N) is 6. The third kappa shape index (κ3) is 3.92. The van der Waals surface area contributed by atoms with E-state index in [4.69, 9.17) is 10.2 Å². The van der Waals surface area contributed by atoms with Crippen LogP contribution in [0, 0.1) is 17.2 Å². The minimum absolute atomic E-state index is 0.454. The molecule has 4 atom stereocenters. The second-order valence-electron chi connectivity index (χ2n) is 9.82. The Labute approximate surface area is 201 Å². The molecule has 174 valence electrons. The van der Waals surface area contributed by atoms with Gasteiger partial charge in [-0.1, -0.05) is 12.8 Å². The summed E-state index contributed by atoms with van der Waals surface area (Å²) in [6.07, 6.45) is 11.9. The summed E-state index contributed by atoms with van der Waals surface area (Å²) in [6, 6.07) is 17.9. The molecule has 0 bridgehead atoms. The van der Waals surface area contributed by atoms with E-state index in [1.807, 2.05) is 47.5 Å². The van der Waals surface area contributed by atoms with Gasteiger partial charge in [0, 0.05) is 74.0 Å². The maximum atomic E-state index is 9.15. The summed E-state index contributed by atoms with van der Waals surface area (Å²) in [4.78, 5) is 10.1. The Morgan fingerprint density at radius 2 is 1.85 bits per heavy atom.